The van der Waals surface area contributed by atoms with E-state index < -0.39 is 0 Å². The number of esters is 1. The van der Waals surface area contributed by atoms with Crippen LogP contribution in [0.15, 0.2) is 36.9 Å². The van der Waals surface area contributed by atoms with Crippen LogP contribution in [0.5, 0.6) is 0 Å². The molecular formula is C14H18O2. The Bertz CT molecular complexity index is 352. The van der Waals surface area contributed by atoms with E-state index >= 15 is 0 Å². The molecule has 0 aromatic heterocycles. The number of carbonyl (C=O) groups excluding carboxylic acids is 1. The molecule has 0 amide bonds. The molecule has 1 aromatic carbocycles. The average molecular weight is 218 g/mol. The van der Waals surface area contributed by atoms with Crippen LogP contribution in [0.25, 0.3) is 0 Å². The summed E-state index contributed by atoms with van der Waals surface area (Å²) in [6.07, 6.45) is 2.85. The Balaban J connectivity index is 2.74. The molecule has 0 spiro atoms. The molecule has 16 heavy (non-hydrogen) atoms. The van der Waals surface area contributed by atoms with Crippen LogP contribution < -0.4 is 0 Å². The quantitative estimate of drug-likeness (QED) is 0.558. The van der Waals surface area contributed by atoms with Gasteiger partial charge in [0.15, 0.2) is 0 Å². The summed E-state index contributed by atoms with van der Waals surface area (Å²) in [7, 11) is 0. The van der Waals surface area contributed by atoms with Gasteiger partial charge in [0.25, 0.3) is 0 Å². The monoisotopic (exact) mass is 218 g/mol. The SMILES string of the molecule is C=CCC(C)c1ccc(C(=O)OCC)cc1. The highest BCUT2D eigenvalue weighted by Gasteiger charge is 2.07. The summed E-state index contributed by atoms with van der Waals surface area (Å²) >= 11 is 0. The van der Waals surface area contributed by atoms with Gasteiger partial charge in [0.1, 0.15) is 0 Å². The van der Waals surface area contributed by atoms with E-state index in [1.807, 2.05) is 30.3 Å². The standard InChI is InChI=1S/C14H18O2/c1-4-6-11(3)12-7-9-13(10-8-12)14(15)16-5-2/h4,7-11H,1,5-6H2,2-3H3. The van der Waals surface area contributed by atoms with Gasteiger partial charge in [-0.3, -0.25) is 0 Å². The third-order valence-electron chi connectivity index (χ3n) is 2.51. The number of allylic oxidation sites excluding steroid dienone is 1. The maximum Gasteiger partial charge on any atom is 0.338 e. The molecule has 0 N–H and O–H groups in total. The molecule has 1 unspecified atom stereocenters. The smallest absolute Gasteiger partial charge is 0.338 e. The van der Waals surface area contributed by atoms with Crippen LogP contribution in [0.2, 0.25) is 0 Å². The van der Waals surface area contributed by atoms with E-state index in [2.05, 4.69) is 13.5 Å². The summed E-state index contributed by atoms with van der Waals surface area (Å²) in [6, 6.07) is 7.57. The zero-order valence-corrected chi connectivity index (χ0v) is 9.90. The highest BCUT2D eigenvalue weighted by Crippen LogP contribution is 2.19. The minimum Gasteiger partial charge on any atom is -0.462 e. The Morgan fingerprint density at radius 2 is 2.06 bits per heavy atom. The van der Waals surface area contributed by atoms with Gasteiger partial charge in [-0.1, -0.05) is 25.1 Å². The van der Waals surface area contributed by atoms with Gasteiger partial charge in [-0.2, -0.15) is 0 Å². The number of hydrogen-bond donors (Lipinski definition) is 0. The van der Waals surface area contributed by atoms with E-state index in [1.165, 1.54) is 5.56 Å². The van der Waals surface area contributed by atoms with Gasteiger partial charge in [0.2, 0.25) is 0 Å². The van der Waals surface area contributed by atoms with Gasteiger partial charge in [-0.05, 0) is 37.0 Å². The maximum atomic E-state index is 11.4. The summed E-state index contributed by atoms with van der Waals surface area (Å²) in [5.41, 5.74) is 1.82. The van der Waals surface area contributed by atoms with E-state index in [0.717, 1.165) is 6.42 Å². The summed E-state index contributed by atoms with van der Waals surface area (Å²) in [5.74, 6) is 0.180. The van der Waals surface area contributed by atoms with Crippen molar-refractivity contribution in [2.24, 2.45) is 0 Å². The van der Waals surface area contributed by atoms with Crippen molar-refractivity contribution in [2.45, 2.75) is 26.2 Å². The first kappa shape index (κ1) is 12.5. The molecule has 0 aliphatic carbocycles. The maximum absolute atomic E-state index is 11.4. The largest absolute Gasteiger partial charge is 0.462 e. The third kappa shape index (κ3) is 3.23. The van der Waals surface area contributed by atoms with E-state index in [4.69, 9.17) is 4.74 Å². The zero-order chi connectivity index (χ0) is 12.0. The predicted octanol–water partition coefficient (Wildman–Crippen LogP) is 3.54. The first-order valence-corrected chi connectivity index (χ1v) is 5.57. The molecular weight excluding hydrogens is 200 g/mol. The van der Waals surface area contributed by atoms with Crippen LogP contribution in [-0.2, 0) is 4.74 Å². The minimum absolute atomic E-state index is 0.259. The molecule has 1 rings (SSSR count). The number of hydrogen-bond acceptors (Lipinski definition) is 2. The first-order valence-electron chi connectivity index (χ1n) is 5.57. The molecule has 0 bridgehead atoms. The van der Waals surface area contributed by atoms with Crippen LogP contribution in [0.4, 0.5) is 0 Å². The van der Waals surface area contributed by atoms with Crippen molar-refractivity contribution in [1.29, 1.82) is 0 Å². The lowest BCUT2D eigenvalue weighted by molar-refractivity contribution is 0.0526. The fourth-order valence-corrected chi connectivity index (χ4v) is 1.55. The summed E-state index contributed by atoms with van der Waals surface area (Å²) in [6.45, 7) is 8.08. The van der Waals surface area contributed by atoms with Crippen molar-refractivity contribution in [2.75, 3.05) is 6.61 Å². The molecule has 2 heteroatoms. The van der Waals surface area contributed by atoms with Crippen molar-refractivity contribution in [1.82, 2.24) is 0 Å². The molecule has 0 aliphatic rings. The van der Waals surface area contributed by atoms with Gasteiger partial charge in [-0.25, -0.2) is 4.79 Å². The molecule has 1 aromatic rings. The van der Waals surface area contributed by atoms with Gasteiger partial charge in [0.05, 0.1) is 12.2 Å². The van der Waals surface area contributed by atoms with Crippen molar-refractivity contribution < 1.29 is 9.53 Å². The van der Waals surface area contributed by atoms with Gasteiger partial charge in [0, 0.05) is 0 Å². The zero-order valence-electron chi connectivity index (χ0n) is 9.90. The Labute approximate surface area is 96.9 Å². The van der Waals surface area contributed by atoms with Crippen molar-refractivity contribution >= 4 is 5.97 Å². The van der Waals surface area contributed by atoms with Crippen LogP contribution >= 0.6 is 0 Å². The first-order chi connectivity index (χ1) is 7.69. The molecule has 0 radical (unpaired) electrons. The highest BCUT2D eigenvalue weighted by molar-refractivity contribution is 5.89. The second-order valence-electron chi connectivity index (χ2n) is 3.77. The Morgan fingerprint density at radius 1 is 1.44 bits per heavy atom. The Hall–Kier alpha value is -1.57. The van der Waals surface area contributed by atoms with Gasteiger partial charge >= 0.3 is 5.97 Å². The molecule has 0 saturated heterocycles. The van der Waals surface area contributed by atoms with E-state index in [-0.39, 0.29) is 5.97 Å². The molecule has 86 valence electrons. The van der Waals surface area contributed by atoms with Crippen LogP contribution in [0, 0.1) is 0 Å². The predicted molar refractivity (Wildman–Crippen MR) is 65.6 cm³/mol. The van der Waals surface area contributed by atoms with E-state index in [1.54, 1.807) is 6.92 Å². The van der Waals surface area contributed by atoms with Crippen LogP contribution in [0.3, 0.4) is 0 Å². The molecule has 0 heterocycles. The number of benzene rings is 1. The fourth-order valence-electron chi connectivity index (χ4n) is 1.55. The van der Waals surface area contributed by atoms with Crippen molar-refractivity contribution in [3.05, 3.63) is 48.0 Å². The second kappa shape index (κ2) is 6.11. The van der Waals surface area contributed by atoms with E-state index in [9.17, 15) is 4.79 Å². The number of rotatable bonds is 5. The molecule has 0 fully saturated rings. The topological polar surface area (TPSA) is 26.3 Å². The van der Waals surface area contributed by atoms with Crippen molar-refractivity contribution in [3.8, 4) is 0 Å². The van der Waals surface area contributed by atoms with Crippen LogP contribution in [-0.4, -0.2) is 12.6 Å². The summed E-state index contributed by atoms with van der Waals surface area (Å²) < 4.78 is 4.92. The number of carbonyl (C=O) groups is 1. The third-order valence-corrected chi connectivity index (χ3v) is 2.51. The van der Waals surface area contributed by atoms with E-state index in [0.29, 0.717) is 18.1 Å². The second-order valence-corrected chi connectivity index (χ2v) is 3.77. The molecule has 2 nitrogen and oxygen atoms in total. The lowest BCUT2D eigenvalue weighted by Gasteiger charge is -2.09. The number of ether oxygens (including phenoxy) is 1. The Morgan fingerprint density at radius 3 is 2.56 bits per heavy atom. The summed E-state index contributed by atoms with van der Waals surface area (Å²) in [5, 5.41) is 0. The fraction of sp³-hybridized carbons (Fsp3) is 0.357. The normalized spacial score (nSPS) is 11.9. The van der Waals surface area contributed by atoms with Crippen LogP contribution in [0.1, 0.15) is 42.1 Å². The molecule has 0 saturated carbocycles. The highest BCUT2D eigenvalue weighted by atomic mass is 16.5. The molecule has 0 aliphatic heterocycles. The summed E-state index contributed by atoms with van der Waals surface area (Å²) in [4.78, 5) is 11.4. The molecule has 1 atom stereocenters. The Kier molecular flexibility index (Phi) is 4.77. The lowest BCUT2D eigenvalue weighted by atomic mass is 9.97. The average Bonchev–Trinajstić information content (AvgIpc) is 2.30. The lowest BCUT2D eigenvalue weighted by Crippen LogP contribution is -2.04. The van der Waals surface area contributed by atoms with Crippen molar-refractivity contribution in [3.63, 3.8) is 0 Å². The minimum atomic E-state index is -0.259. The van der Waals surface area contributed by atoms with Gasteiger partial charge in [-0.15, -0.1) is 6.58 Å². The van der Waals surface area contributed by atoms with Gasteiger partial charge < -0.3 is 4.74 Å².